The van der Waals surface area contributed by atoms with Crippen molar-refractivity contribution in [2.24, 2.45) is 0 Å². The third-order valence-electron chi connectivity index (χ3n) is 5.49. The molecule has 162 valence electrons. The second-order valence-electron chi connectivity index (χ2n) is 7.85. The Morgan fingerprint density at radius 3 is 2.35 bits per heavy atom. The van der Waals surface area contributed by atoms with Gasteiger partial charge >= 0.3 is 5.97 Å². The second-order valence-corrected chi connectivity index (χ2v) is 7.85. The maximum Gasteiger partial charge on any atom is 0.338 e. The fraction of sp³-hybridized carbons (Fsp3) is 0.333. The number of nitrogens with zero attached hydrogens (tertiary/aromatic N) is 1. The average molecular weight is 422 g/mol. The van der Waals surface area contributed by atoms with Crippen LogP contribution in [0.2, 0.25) is 0 Å². The summed E-state index contributed by atoms with van der Waals surface area (Å²) in [4.78, 5) is 51.5. The van der Waals surface area contributed by atoms with Gasteiger partial charge in [-0.15, -0.1) is 0 Å². The van der Waals surface area contributed by atoms with Gasteiger partial charge in [0, 0.05) is 11.7 Å². The van der Waals surface area contributed by atoms with Crippen LogP contribution < -0.4 is 5.32 Å². The van der Waals surface area contributed by atoms with Crippen molar-refractivity contribution in [3.63, 3.8) is 0 Å². The number of amides is 3. The zero-order valence-corrected chi connectivity index (χ0v) is 18.3. The van der Waals surface area contributed by atoms with Crippen LogP contribution in [0.15, 0.2) is 36.4 Å². The zero-order valence-electron chi connectivity index (χ0n) is 18.3. The van der Waals surface area contributed by atoms with Crippen LogP contribution >= 0.6 is 0 Å². The smallest absolute Gasteiger partial charge is 0.338 e. The first-order chi connectivity index (χ1) is 14.6. The zero-order chi connectivity index (χ0) is 22.9. The molecule has 0 saturated carbocycles. The Bertz CT molecular complexity index is 1080. The monoisotopic (exact) mass is 422 g/mol. The Hall–Kier alpha value is -3.48. The lowest BCUT2D eigenvalue weighted by Crippen LogP contribution is -2.37. The first kappa shape index (κ1) is 22.2. The molecule has 3 rings (SSSR count). The lowest BCUT2D eigenvalue weighted by molar-refractivity contribution is -0.123. The number of hydrogen-bond acceptors (Lipinski definition) is 5. The van der Waals surface area contributed by atoms with Gasteiger partial charge in [0.25, 0.3) is 17.7 Å². The summed E-state index contributed by atoms with van der Waals surface area (Å²) in [7, 11) is 0. The van der Waals surface area contributed by atoms with Crippen molar-refractivity contribution in [2.75, 3.05) is 5.32 Å². The van der Waals surface area contributed by atoms with Gasteiger partial charge in [-0.3, -0.25) is 19.3 Å². The number of anilines is 1. The molecular formula is C24H26N2O5. The van der Waals surface area contributed by atoms with Gasteiger partial charge in [-0.1, -0.05) is 19.1 Å². The summed E-state index contributed by atoms with van der Waals surface area (Å²) in [5, 5.41) is 2.77. The molecule has 3 amide bonds. The fourth-order valence-electron chi connectivity index (χ4n) is 3.36. The third-order valence-corrected chi connectivity index (χ3v) is 5.49. The van der Waals surface area contributed by atoms with Crippen molar-refractivity contribution in [2.45, 2.75) is 53.2 Å². The van der Waals surface area contributed by atoms with Crippen LogP contribution in [0, 0.1) is 13.8 Å². The highest BCUT2D eigenvalue weighted by molar-refractivity contribution is 6.22. The minimum Gasteiger partial charge on any atom is -0.449 e. The maximum absolute atomic E-state index is 12.7. The van der Waals surface area contributed by atoms with Gasteiger partial charge in [-0.25, -0.2) is 4.79 Å². The molecule has 2 aromatic rings. The molecule has 2 atom stereocenters. The Morgan fingerprint density at radius 1 is 1.00 bits per heavy atom. The summed E-state index contributed by atoms with van der Waals surface area (Å²) < 4.78 is 5.30. The molecule has 1 aliphatic rings. The number of hydrogen-bond donors (Lipinski definition) is 1. The number of rotatable bonds is 6. The number of aryl methyl sites for hydroxylation is 2. The van der Waals surface area contributed by atoms with Crippen LogP contribution in [0.5, 0.6) is 0 Å². The minimum absolute atomic E-state index is 0.109. The van der Waals surface area contributed by atoms with E-state index in [1.165, 1.54) is 30.0 Å². The van der Waals surface area contributed by atoms with Crippen LogP contribution in [0.3, 0.4) is 0 Å². The van der Waals surface area contributed by atoms with Crippen molar-refractivity contribution < 1.29 is 23.9 Å². The molecule has 0 bridgehead atoms. The molecular weight excluding hydrogens is 396 g/mol. The summed E-state index contributed by atoms with van der Waals surface area (Å²) in [6.07, 6.45) is -0.414. The lowest BCUT2D eigenvalue weighted by Gasteiger charge is -2.20. The van der Waals surface area contributed by atoms with Gasteiger partial charge in [-0.05, 0) is 69.5 Å². The Morgan fingerprint density at radius 2 is 1.68 bits per heavy atom. The van der Waals surface area contributed by atoms with Gasteiger partial charge in [0.05, 0.1) is 16.7 Å². The molecule has 0 saturated heterocycles. The van der Waals surface area contributed by atoms with Gasteiger partial charge in [0.15, 0.2) is 6.10 Å². The molecule has 7 nitrogen and oxygen atoms in total. The molecule has 31 heavy (non-hydrogen) atoms. The third kappa shape index (κ3) is 4.35. The fourth-order valence-corrected chi connectivity index (χ4v) is 3.36. The van der Waals surface area contributed by atoms with Crippen LogP contribution in [0.1, 0.15) is 69.4 Å². The largest absolute Gasteiger partial charge is 0.449 e. The van der Waals surface area contributed by atoms with Crippen molar-refractivity contribution in [1.29, 1.82) is 0 Å². The first-order valence-electron chi connectivity index (χ1n) is 10.2. The number of carbonyl (C=O) groups is 4. The summed E-state index contributed by atoms with van der Waals surface area (Å²) in [6, 6.07) is 9.68. The van der Waals surface area contributed by atoms with Crippen LogP contribution in [-0.4, -0.2) is 40.7 Å². The quantitative estimate of drug-likeness (QED) is 0.563. The van der Waals surface area contributed by atoms with E-state index in [9.17, 15) is 19.2 Å². The molecule has 0 unspecified atom stereocenters. The maximum atomic E-state index is 12.7. The molecule has 2 aromatic carbocycles. The van der Waals surface area contributed by atoms with E-state index in [1.54, 1.807) is 6.92 Å². The molecule has 0 radical (unpaired) electrons. The number of fused-ring (bicyclic) bond motifs is 1. The van der Waals surface area contributed by atoms with Crippen molar-refractivity contribution in [1.82, 2.24) is 4.90 Å². The SMILES string of the molecule is CC[C@H](C)N1C(=O)c2ccc(C(=O)O[C@H](C)C(=O)Nc3cc(C)ccc3C)cc2C1=O. The van der Waals surface area contributed by atoms with Crippen LogP contribution in [0.25, 0.3) is 0 Å². The molecule has 1 N–H and O–H groups in total. The second kappa shape index (κ2) is 8.71. The van der Waals surface area contributed by atoms with E-state index >= 15 is 0 Å². The van der Waals surface area contributed by atoms with E-state index < -0.39 is 23.9 Å². The lowest BCUT2D eigenvalue weighted by atomic mass is 10.1. The van der Waals surface area contributed by atoms with E-state index in [4.69, 9.17) is 4.74 Å². The molecule has 1 aliphatic heterocycles. The summed E-state index contributed by atoms with van der Waals surface area (Å²) in [5.41, 5.74) is 3.09. The minimum atomic E-state index is -1.05. The number of benzene rings is 2. The summed E-state index contributed by atoms with van der Waals surface area (Å²) in [5.74, 6) is -1.99. The van der Waals surface area contributed by atoms with Gasteiger partial charge < -0.3 is 10.1 Å². The van der Waals surface area contributed by atoms with E-state index in [0.717, 1.165) is 11.1 Å². The van der Waals surface area contributed by atoms with Crippen molar-refractivity contribution in [3.05, 3.63) is 64.2 Å². The van der Waals surface area contributed by atoms with Crippen molar-refractivity contribution >= 4 is 29.4 Å². The Labute approximate surface area is 181 Å². The molecule has 0 aliphatic carbocycles. The predicted octanol–water partition coefficient (Wildman–Crippen LogP) is 3.88. The predicted molar refractivity (Wildman–Crippen MR) is 116 cm³/mol. The molecule has 0 spiro atoms. The topological polar surface area (TPSA) is 92.8 Å². The summed E-state index contributed by atoms with van der Waals surface area (Å²) in [6.45, 7) is 8.96. The highest BCUT2D eigenvalue weighted by Gasteiger charge is 2.38. The van der Waals surface area contributed by atoms with Gasteiger partial charge in [-0.2, -0.15) is 0 Å². The normalized spacial score (nSPS) is 14.8. The molecule has 7 heteroatoms. The Kier molecular flexibility index (Phi) is 6.24. The molecule has 0 fully saturated rings. The number of nitrogens with one attached hydrogen (secondary N) is 1. The van der Waals surface area contributed by atoms with Gasteiger partial charge in [0.2, 0.25) is 0 Å². The average Bonchev–Trinajstić information content (AvgIpc) is 2.99. The number of esters is 1. The first-order valence-corrected chi connectivity index (χ1v) is 10.2. The molecule has 1 heterocycles. The van der Waals surface area contributed by atoms with Crippen LogP contribution in [-0.2, 0) is 9.53 Å². The standard InChI is InChI=1S/C24H26N2O5/c1-6-15(4)26-22(28)18-10-9-17(12-19(18)23(26)29)24(30)31-16(5)21(27)25-20-11-13(2)7-8-14(20)3/h7-12,15-16H,6H2,1-5H3,(H,25,27)/t15-,16+/m0/s1. The van der Waals surface area contributed by atoms with Crippen LogP contribution in [0.4, 0.5) is 5.69 Å². The van der Waals surface area contributed by atoms with E-state index in [1.807, 2.05) is 39.0 Å². The van der Waals surface area contributed by atoms with Crippen molar-refractivity contribution in [3.8, 4) is 0 Å². The summed E-state index contributed by atoms with van der Waals surface area (Å²) >= 11 is 0. The number of carbonyl (C=O) groups excluding carboxylic acids is 4. The molecule has 0 aromatic heterocycles. The van der Waals surface area contributed by atoms with E-state index in [2.05, 4.69) is 5.32 Å². The number of ether oxygens (including phenoxy) is 1. The van der Waals surface area contributed by atoms with E-state index in [0.29, 0.717) is 12.1 Å². The van der Waals surface area contributed by atoms with Gasteiger partial charge in [0.1, 0.15) is 0 Å². The van der Waals surface area contributed by atoms with E-state index in [-0.39, 0.29) is 28.6 Å². The number of imide groups is 1. The highest BCUT2D eigenvalue weighted by atomic mass is 16.5. The Balaban J connectivity index is 1.72. The highest BCUT2D eigenvalue weighted by Crippen LogP contribution is 2.27.